The molecule has 2 atom stereocenters. The Hall–Kier alpha value is -2.21. The van der Waals surface area contributed by atoms with E-state index in [4.69, 9.17) is 0 Å². The molecule has 1 saturated heterocycles. The Bertz CT molecular complexity index is 638. The minimum atomic E-state index is -0.838. The summed E-state index contributed by atoms with van der Waals surface area (Å²) in [4.78, 5) is 23.2. The minimum absolute atomic E-state index is 0.215. The van der Waals surface area contributed by atoms with E-state index in [0.29, 0.717) is 13.0 Å². The number of benzene rings is 1. The van der Waals surface area contributed by atoms with Gasteiger partial charge in [0.1, 0.15) is 18.2 Å². The fourth-order valence-electron chi connectivity index (χ4n) is 2.78. The average molecular weight is 272 g/mol. The lowest BCUT2D eigenvalue weighted by Crippen LogP contribution is -2.52. The third-order valence-corrected chi connectivity index (χ3v) is 3.97. The molecule has 0 radical (unpaired) electrons. The highest BCUT2D eigenvalue weighted by Crippen LogP contribution is 2.30. The van der Waals surface area contributed by atoms with Crippen molar-refractivity contribution < 1.29 is 4.79 Å². The van der Waals surface area contributed by atoms with Gasteiger partial charge in [0.15, 0.2) is 0 Å². The Morgan fingerprint density at radius 2 is 2.15 bits per heavy atom. The predicted molar refractivity (Wildman–Crippen MR) is 73.3 cm³/mol. The number of piperidine rings is 1. The summed E-state index contributed by atoms with van der Waals surface area (Å²) in [6.45, 7) is 0.426. The lowest BCUT2D eigenvalue weighted by atomic mass is 9.85. The maximum atomic E-state index is 11.7. The quantitative estimate of drug-likeness (QED) is 0.801. The molecule has 2 heterocycles. The lowest BCUT2D eigenvalue weighted by molar-refractivity contribution is -0.116. The largest absolute Gasteiger partial charge is 0.344 e. The number of hydrogen-bond donors (Lipinski definition) is 2. The Morgan fingerprint density at radius 3 is 2.70 bits per heavy atom. The third-order valence-electron chi connectivity index (χ3n) is 3.97. The van der Waals surface area contributed by atoms with Crippen molar-refractivity contribution in [2.75, 3.05) is 6.54 Å². The van der Waals surface area contributed by atoms with E-state index in [1.54, 1.807) is 0 Å². The van der Waals surface area contributed by atoms with Gasteiger partial charge in [-0.15, -0.1) is 0 Å². The summed E-state index contributed by atoms with van der Waals surface area (Å²) < 4.78 is 1.38. The highest BCUT2D eigenvalue weighted by Gasteiger charge is 2.38. The van der Waals surface area contributed by atoms with Crippen molar-refractivity contribution in [3.63, 3.8) is 0 Å². The second kappa shape index (κ2) is 5.05. The van der Waals surface area contributed by atoms with Crippen LogP contribution in [0, 0.1) is 0 Å². The number of carbonyl (C=O) groups excluding carboxylic acids is 1. The topological polar surface area (TPSA) is 79.8 Å². The number of H-pyrrole nitrogens is 1. The summed E-state index contributed by atoms with van der Waals surface area (Å²) in [5.74, 6) is 0. The van der Waals surface area contributed by atoms with Crippen molar-refractivity contribution >= 4 is 6.29 Å². The second-order valence-electron chi connectivity index (χ2n) is 5.14. The smallest absolute Gasteiger partial charge is 0.307 e. The van der Waals surface area contributed by atoms with Gasteiger partial charge in [-0.1, -0.05) is 30.3 Å². The van der Waals surface area contributed by atoms with Crippen LogP contribution in [0.3, 0.4) is 0 Å². The summed E-state index contributed by atoms with van der Waals surface area (Å²) in [6, 6.07) is 10.3. The molecular formula is C14H16N4O2. The Morgan fingerprint density at radius 1 is 1.35 bits per heavy atom. The number of aromatic nitrogens is 3. The summed E-state index contributed by atoms with van der Waals surface area (Å²) >= 11 is 0. The molecular weight excluding hydrogens is 256 g/mol. The van der Waals surface area contributed by atoms with E-state index in [-0.39, 0.29) is 11.7 Å². The first-order valence-corrected chi connectivity index (χ1v) is 6.62. The summed E-state index contributed by atoms with van der Waals surface area (Å²) in [6.07, 6.45) is 3.64. The van der Waals surface area contributed by atoms with Crippen LogP contribution >= 0.6 is 0 Å². The molecule has 0 aliphatic carbocycles. The number of nitrogens with one attached hydrogen (secondary N) is 2. The Balaban J connectivity index is 1.82. The molecule has 6 nitrogen and oxygen atoms in total. The number of aromatic amines is 1. The summed E-state index contributed by atoms with van der Waals surface area (Å²) in [5.41, 5.74) is 0.0126. The Kier molecular flexibility index (Phi) is 3.23. The summed E-state index contributed by atoms with van der Waals surface area (Å²) in [5, 5.41) is 9.40. The Labute approximate surface area is 115 Å². The van der Waals surface area contributed by atoms with Crippen molar-refractivity contribution in [3.8, 4) is 0 Å². The first-order chi connectivity index (χ1) is 9.75. The van der Waals surface area contributed by atoms with Crippen LogP contribution < -0.4 is 11.0 Å². The van der Waals surface area contributed by atoms with Gasteiger partial charge in [-0.2, -0.15) is 5.10 Å². The van der Waals surface area contributed by atoms with Gasteiger partial charge in [-0.25, -0.2) is 9.89 Å². The molecule has 6 heteroatoms. The van der Waals surface area contributed by atoms with Crippen LogP contribution in [-0.2, 0) is 10.3 Å². The van der Waals surface area contributed by atoms with Crippen molar-refractivity contribution in [3.05, 3.63) is 52.7 Å². The number of carbonyl (C=O) groups is 1. The fourth-order valence-corrected chi connectivity index (χ4v) is 2.78. The predicted octanol–water partition coefficient (Wildman–Crippen LogP) is 0.590. The van der Waals surface area contributed by atoms with Gasteiger partial charge < -0.3 is 10.1 Å². The van der Waals surface area contributed by atoms with Gasteiger partial charge in [0.2, 0.25) is 0 Å². The molecule has 1 aromatic carbocycles. The molecule has 0 unspecified atom stereocenters. The molecule has 104 valence electrons. The van der Waals surface area contributed by atoms with Crippen LogP contribution in [0.5, 0.6) is 0 Å². The summed E-state index contributed by atoms with van der Waals surface area (Å²) in [7, 11) is 0. The molecule has 0 amide bonds. The molecule has 3 rings (SSSR count). The SMILES string of the molecule is O=C[C@]1(n2cn[nH]c2=O)CC[C@@H](c2ccccc2)NC1. The van der Waals surface area contributed by atoms with Gasteiger partial charge in [-0.3, -0.25) is 4.57 Å². The number of nitrogens with zero attached hydrogens (tertiary/aromatic N) is 2. The molecule has 2 aromatic rings. The highest BCUT2D eigenvalue weighted by atomic mass is 16.2. The number of aldehydes is 1. The van der Waals surface area contributed by atoms with Crippen LogP contribution in [0.4, 0.5) is 0 Å². The van der Waals surface area contributed by atoms with E-state index in [9.17, 15) is 9.59 Å². The van der Waals surface area contributed by atoms with E-state index in [2.05, 4.69) is 27.6 Å². The van der Waals surface area contributed by atoms with Crippen molar-refractivity contribution in [2.45, 2.75) is 24.4 Å². The van der Waals surface area contributed by atoms with Gasteiger partial charge in [0, 0.05) is 12.6 Å². The van der Waals surface area contributed by atoms with E-state index in [1.807, 2.05) is 18.2 Å². The third kappa shape index (κ3) is 2.08. The fraction of sp³-hybridized carbons (Fsp3) is 0.357. The van der Waals surface area contributed by atoms with Gasteiger partial charge in [0.05, 0.1) is 0 Å². The molecule has 0 bridgehead atoms. The zero-order chi connectivity index (χ0) is 14.0. The van der Waals surface area contributed by atoms with Crippen LogP contribution in [0.25, 0.3) is 0 Å². The van der Waals surface area contributed by atoms with Crippen LogP contribution in [0.15, 0.2) is 41.5 Å². The van der Waals surface area contributed by atoms with Crippen molar-refractivity contribution in [1.82, 2.24) is 20.1 Å². The lowest BCUT2D eigenvalue weighted by Gasteiger charge is -2.37. The molecule has 20 heavy (non-hydrogen) atoms. The van der Waals surface area contributed by atoms with Crippen molar-refractivity contribution in [1.29, 1.82) is 0 Å². The minimum Gasteiger partial charge on any atom is -0.307 e. The zero-order valence-electron chi connectivity index (χ0n) is 11.0. The van der Waals surface area contributed by atoms with Crippen LogP contribution in [-0.4, -0.2) is 27.6 Å². The normalized spacial score (nSPS) is 26.3. The van der Waals surface area contributed by atoms with Crippen LogP contribution in [0.2, 0.25) is 0 Å². The van der Waals surface area contributed by atoms with Gasteiger partial charge in [-0.05, 0) is 18.4 Å². The molecule has 0 saturated carbocycles. The monoisotopic (exact) mass is 272 g/mol. The van der Waals surface area contributed by atoms with Gasteiger partial charge >= 0.3 is 5.69 Å². The van der Waals surface area contributed by atoms with E-state index in [0.717, 1.165) is 12.7 Å². The van der Waals surface area contributed by atoms with Crippen molar-refractivity contribution in [2.24, 2.45) is 0 Å². The molecule has 1 aliphatic heterocycles. The first-order valence-electron chi connectivity index (χ1n) is 6.62. The molecule has 0 spiro atoms. The van der Waals surface area contributed by atoms with E-state index < -0.39 is 5.54 Å². The number of rotatable bonds is 3. The van der Waals surface area contributed by atoms with Crippen LogP contribution in [0.1, 0.15) is 24.4 Å². The van der Waals surface area contributed by atoms with Gasteiger partial charge in [0.25, 0.3) is 0 Å². The maximum Gasteiger partial charge on any atom is 0.344 e. The van der Waals surface area contributed by atoms with E-state index in [1.165, 1.54) is 16.5 Å². The maximum absolute atomic E-state index is 11.7. The molecule has 1 aliphatic rings. The molecule has 1 fully saturated rings. The average Bonchev–Trinajstić information content (AvgIpc) is 2.95. The molecule has 1 aromatic heterocycles. The first kappa shape index (κ1) is 12.8. The number of hydrogen-bond acceptors (Lipinski definition) is 4. The zero-order valence-corrected chi connectivity index (χ0v) is 11.0. The van der Waals surface area contributed by atoms with E-state index >= 15 is 0 Å². The molecule has 2 N–H and O–H groups in total. The highest BCUT2D eigenvalue weighted by molar-refractivity contribution is 5.62. The second-order valence-corrected chi connectivity index (χ2v) is 5.14. The standard InChI is InChI=1S/C14H16N4O2/c19-9-14(18-10-16-17-13(18)20)7-6-12(15-8-14)11-4-2-1-3-5-11/h1-5,9-10,12,15H,6-8H2,(H,17,20)/t12-,14-/m0/s1.